The molecular weight excluding hydrogens is 578 g/mol. The number of ether oxygens (including phenoxy) is 3. The molecule has 2 aliphatic rings. The maximum Gasteiger partial charge on any atom is 0.408 e. The third-order valence-corrected chi connectivity index (χ3v) is 11.9. The van der Waals surface area contributed by atoms with Crippen molar-refractivity contribution in [2.45, 2.75) is 90.6 Å². The first kappa shape index (κ1) is 31.4. The van der Waals surface area contributed by atoms with Crippen LogP contribution in [-0.4, -0.2) is 47.8 Å². The van der Waals surface area contributed by atoms with Gasteiger partial charge in [0.25, 0.3) is 5.56 Å². The van der Waals surface area contributed by atoms with Crippen LogP contribution in [0.5, 0.6) is 0 Å². The number of rotatable bonds is 7. The zero-order valence-electron chi connectivity index (χ0n) is 26.7. The Morgan fingerprint density at radius 2 is 1.89 bits per heavy atom. The number of hydrogen-bond donors (Lipinski definition) is 1. The molecule has 1 aromatic carbocycles. The predicted molar refractivity (Wildman–Crippen MR) is 169 cm³/mol. The lowest BCUT2D eigenvalue weighted by molar-refractivity contribution is -0.190. The zero-order chi connectivity index (χ0) is 32.2. The van der Waals surface area contributed by atoms with Gasteiger partial charge in [-0.3, -0.25) is 9.59 Å². The average Bonchev–Trinajstić information content (AvgIpc) is 3.28. The first-order valence-electron chi connectivity index (χ1n) is 15.1. The Morgan fingerprint density at radius 3 is 2.55 bits per heavy atom. The van der Waals surface area contributed by atoms with Crippen LogP contribution in [0.15, 0.2) is 41.2 Å². The van der Waals surface area contributed by atoms with E-state index in [0.717, 1.165) is 22.5 Å². The number of para-hydroxylation sites is 1. The highest BCUT2D eigenvalue weighted by atomic mass is 28.3. The Labute approximate surface area is 258 Å². The molecule has 0 bridgehead atoms. The van der Waals surface area contributed by atoms with Gasteiger partial charge in [0.15, 0.2) is 0 Å². The van der Waals surface area contributed by atoms with Crippen molar-refractivity contribution in [2.24, 2.45) is 5.92 Å². The maximum absolute atomic E-state index is 14.5. The molecule has 10 nitrogen and oxygen atoms in total. The Bertz CT molecular complexity index is 1720. The Kier molecular flexibility index (Phi) is 7.98. The van der Waals surface area contributed by atoms with Crippen molar-refractivity contribution in [1.82, 2.24) is 14.9 Å². The van der Waals surface area contributed by atoms with Gasteiger partial charge in [-0.05, 0) is 51.3 Å². The fourth-order valence-electron chi connectivity index (χ4n) is 6.55. The number of hydrogen-bond acceptors (Lipinski definition) is 8. The highest BCUT2D eigenvalue weighted by Gasteiger charge is 2.56. The molecule has 44 heavy (non-hydrogen) atoms. The van der Waals surface area contributed by atoms with Crippen molar-refractivity contribution in [3.05, 3.63) is 63.4 Å². The minimum absolute atomic E-state index is 0.0246. The number of esters is 2. The van der Waals surface area contributed by atoms with Gasteiger partial charge in [-0.2, -0.15) is 0 Å². The molecule has 0 saturated heterocycles. The lowest BCUT2D eigenvalue weighted by atomic mass is 9.85. The van der Waals surface area contributed by atoms with Crippen LogP contribution in [0.4, 0.5) is 4.79 Å². The smallest absolute Gasteiger partial charge is 0.408 e. The quantitative estimate of drug-likeness (QED) is 0.161. The minimum Gasteiger partial charge on any atom is -0.458 e. The van der Waals surface area contributed by atoms with Gasteiger partial charge in [-0.25, -0.2) is 14.6 Å². The molecule has 2 aromatic heterocycles. The number of aromatic nitrogens is 2. The third kappa shape index (κ3) is 5.65. The molecule has 5 rings (SSSR count). The molecule has 0 radical (unpaired) electrons. The summed E-state index contributed by atoms with van der Waals surface area (Å²) in [6.07, 6.45) is -0.768. The standard InChI is InChI=1S/C33H41N3O7Si/c1-9-33(42-25(37)16-34-31(40)43-32(4,5)6)22-15-24-27-21(14-20-12-10-11-13-23(20)35-27)17-36(24)28(38)26(22)29(41-30(33)39)44(7,8)18-19(2)3/h10-15,19,29H,9,16-18H2,1-8H3,(H,34,40). The van der Waals surface area contributed by atoms with Gasteiger partial charge in [-0.1, -0.05) is 58.1 Å². The molecule has 0 fully saturated rings. The van der Waals surface area contributed by atoms with Crippen LogP contribution < -0.4 is 10.9 Å². The molecule has 2 atom stereocenters. The summed E-state index contributed by atoms with van der Waals surface area (Å²) in [4.78, 5) is 58.8. The molecular formula is C33H41N3O7Si. The van der Waals surface area contributed by atoms with Gasteiger partial charge in [0, 0.05) is 16.5 Å². The summed E-state index contributed by atoms with van der Waals surface area (Å²) in [5.74, 6) is -1.25. The summed E-state index contributed by atoms with van der Waals surface area (Å²) < 4.78 is 19.0. The molecule has 2 aliphatic heterocycles. The van der Waals surface area contributed by atoms with Gasteiger partial charge in [-0.15, -0.1) is 0 Å². The maximum atomic E-state index is 14.5. The number of amides is 1. The topological polar surface area (TPSA) is 126 Å². The number of nitrogens with zero attached hydrogens (tertiary/aromatic N) is 2. The van der Waals surface area contributed by atoms with Crippen LogP contribution in [0.1, 0.15) is 70.4 Å². The summed E-state index contributed by atoms with van der Waals surface area (Å²) in [7, 11) is -2.40. The molecule has 1 N–H and O–H groups in total. The molecule has 11 heteroatoms. The summed E-state index contributed by atoms with van der Waals surface area (Å²) >= 11 is 0. The van der Waals surface area contributed by atoms with Crippen molar-refractivity contribution in [2.75, 3.05) is 6.54 Å². The van der Waals surface area contributed by atoms with E-state index >= 15 is 0 Å². The molecule has 234 valence electrons. The highest BCUT2D eigenvalue weighted by Crippen LogP contribution is 2.47. The number of carbonyl (C=O) groups is 3. The van der Waals surface area contributed by atoms with E-state index in [0.29, 0.717) is 35.0 Å². The Hall–Kier alpha value is -3.99. The van der Waals surface area contributed by atoms with Gasteiger partial charge >= 0.3 is 18.0 Å². The van der Waals surface area contributed by atoms with Crippen molar-refractivity contribution in [3.8, 4) is 11.4 Å². The summed E-state index contributed by atoms with van der Waals surface area (Å²) in [6, 6.07) is 12.4. The number of nitrogens with one attached hydrogen (secondary N) is 1. The van der Waals surface area contributed by atoms with Crippen molar-refractivity contribution in [3.63, 3.8) is 0 Å². The zero-order valence-corrected chi connectivity index (χ0v) is 27.7. The van der Waals surface area contributed by atoms with Crippen molar-refractivity contribution < 1.29 is 28.6 Å². The van der Waals surface area contributed by atoms with Gasteiger partial charge in [0.05, 0.1) is 29.0 Å². The first-order chi connectivity index (χ1) is 20.6. The second-order valence-electron chi connectivity index (χ2n) is 13.8. The second-order valence-corrected chi connectivity index (χ2v) is 18.7. The number of fused-ring (bicyclic) bond motifs is 5. The van der Waals surface area contributed by atoms with E-state index in [1.165, 1.54) is 0 Å². The fourth-order valence-corrected chi connectivity index (χ4v) is 10.4. The Balaban J connectivity index is 1.64. The predicted octanol–water partition coefficient (Wildman–Crippen LogP) is 5.60. The van der Waals surface area contributed by atoms with Crippen LogP contribution in [0.2, 0.25) is 19.1 Å². The van der Waals surface area contributed by atoms with E-state index in [1.807, 2.05) is 30.3 Å². The van der Waals surface area contributed by atoms with E-state index < -0.39 is 49.6 Å². The minimum atomic E-state index is -2.40. The summed E-state index contributed by atoms with van der Waals surface area (Å²) in [5.41, 5.74) is -0.0604. The van der Waals surface area contributed by atoms with Crippen LogP contribution in [0.3, 0.4) is 0 Å². The molecule has 3 aromatic rings. The SMILES string of the molecule is CCC1(OC(=O)CNC(=O)OC(C)(C)C)C(=O)OC([Si](C)(C)CC(C)C)c2c1cc1n(c2=O)Cc2cc3ccccc3nc2-1. The molecule has 2 unspecified atom stereocenters. The number of pyridine rings is 2. The van der Waals surface area contributed by atoms with E-state index in [4.69, 9.17) is 19.2 Å². The lowest BCUT2D eigenvalue weighted by Crippen LogP contribution is -2.54. The molecule has 0 saturated carbocycles. The summed E-state index contributed by atoms with van der Waals surface area (Å²) in [6.45, 7) is 15.1. The third-order valence-electron chi connectivity index (χ3n) is 8.17. The van der Waals surface area contributed by atoms with E-state index in [-0.39, 0.29) is 12.0 Å². The molecule has 1 amide bonds. The number of benzene rings is 1. The Morgan fingerprint density at radius 1 is 1.18 bits per heavy atom. The van der Waals surface area contributed by atoms with Crippen molar-refractivity contribution in [1.29, 1.82) is 0 Å². The van der Waals surface area contributed by atoms with Crippen LogP contribution >= 0.6 is 0 Å². The first-order valence-corrected chi connectivity index (χ1v) is 18.4. The van der Waals surface area contributed by atoms with E-state index in [9.17, 15) is 19.2 Å². The number of alkyl carbamates (subject to hydrolysis) is 1. The van der Waals surface area contributed by atoms with Gasteiger partial charge < -0.3 is 24.1 Å². The largest absolute Gasteiger partial charge is 0.458 e. The van der Waals surface area contributed by atoms with Gasteiger partial charge in [0.2, 0.25) is 5.60 Å². The normalized spacial score (nSPS) is 19.2. The summed E-state index contributed by atoms with van der Waals surface area (Å²) in [5, 5.41) is 3.36. The van der Waals surface area contributed by atoms with Crippen LogP contribution in [-0.2, 0) is 35.9 Å². The van der Waals surface area contributed by atoms with E-state index in [2.05, 4.69) is 32.3 Å². The molecule has 0 aliphatic carbocycles. The number of cyclic esters (lactones) is 1. The average molecular weight is 620 g/mol. The fraction of sp³-hybridized carbons (Fsp3) is 0.485. The molecule has 4 heterocycles. The van der Waals surface area contributed by atoms with Gasteiger partial charge in [0.1, 0.15) is 25.9 Å². The van der Waals surface area contributed by atoms with Crippen molar-refractivity contribution >= 4 is 37.0 Å². The monoisotopic (exact) mass is 619 g/mol. The van der Waals surface area contributed by atoms with E-state index in [1.54, 1.807) is 38.3 Å². The number of carbonyl (C=O) groups excluding carboxylic acids is 3. The van der Waals surface area contributed by atoms with Crippen LogP contribution in [0.25, 0.3) is 22.3 Å². The lowest BCUT2D eigenvalue weighted by Gasteiger charge is -2.43. The second kappa shape index (κ2) is 11.2. The highest BCUT2D eigenvalue weighted by molar-refractivity contribution is 6.78. The van der Waals surface area contributed by atoms with Crippen LogP contribution in [0, 0.1) is 5.92 Å². The molecule has 0 spiro atoms.